The van der Waals surface area contributed by atoms with Crippen LogP contribution in [0, 0.1) is 0 Å². The summed E-state index contributed by atoms with van der Waals surface area (Å²) in [5.74, 6) is 0.499. The summed E-state index contributed by atoms with van der Waals surface area (Å²) in [5, 5.41) is 3.16. The highest BCUT2D eigenvalue weighted by atomic mass is 79.9. The lowest BCUT2D eigenvalue weighted by atomic mass is 10.1. The van der Waals surface area contributed by atoms with Crippen LogP contribution in [0.15, 0.2) is 16.9 Å². The zero-order valence-electron chi connectivity index (χ0n) is 15.0. The molecule has 1 amide bonds. The van der Waals surface area contributed by atoms with Gasteiger partial charge in [0.2, 0.25) is 5.95 Å². The number of amides is 1. The Kier molecular flexibility index (Phi) is 5.39. The summed E-state index contributed by atoms with van der Waals surface area (Å²) < 4.78 is 12.3. The maximum atomic E-state index is 12.6. The first-order valence-electron chi connectivity index (χ1n) is 7.91. The highest BCUT2D eigenvalue weighted by molar-refractivity contribution is 9.10. The molecule has 134 valence electrons. The van der Waals surface area contributed by atoms with Crippen LogP contribution >= 0.6 is 15.9 Å². The van der Waals surface area contributed by atoms with E-state index in [1.165, 1.54) is 0 Å². The predicted octanol–water partition coefficient (Wildman–Crippen LogP) is 3.41. The number of nitrogens with zero attached hydrogens (tertiary/aromatic N) is 3. The van der Waals surface area contributed by atoms with Gasteiger partial charge in [-0.25, -0.2) is 14.8 Å². The molecule has 0 saturated carbocycles. The van der Waals surface area contributed by atoms with Crippen LogP contribution in [-0.4, -0.2) is 51.0 Å². The first-order valence-corrected chi connectivity index (χ1v) is 8.70. The van der Waals surface area contributed by atoms with E-state index in [-0.39, 0.29) is 18.2 Å². The fraction of sp³-hybridized carbons (Fsp3) is 0.688. The number of aromatic nitrogens is 2. The lowest BCUT2D eigenvalue weighted by Gasteiger charge is -2.35. The van der Waals surface area contributed by atoms with Crippen molar-refractivity contribution < 1.29 is 14.3 Å². The van der Waals surface area contributed by atoms with Crippen LogP contribution in [0.25, 0.3) is 0 Å². The summed E-state index contributed by atoms with van der Waals surface area (Å²) in [5.41, 5.74) is -1.31. The molecular weight excluding hydrogens is 376 g/mol. The number of nitrogens with one attached hydrogen (secondary N) is 1. The Hall–Kier alpha value is -1.41. The summed E-state index contributed by atoms with van der Waals surface area (Å²) >= 11 is 3.30. The molecule has 2 heterocycles. The molecule has 7 nitrogen and oxygen atoms in total. The van der Waals surface area contributed by atoms with E-state index in [0.717, 1.165) is 4.47 Å². The van der Waals surface area contributed by atoms with Gasteiger partial charge in [-0.05, 0) is 57.5 Å². The molecule has 0 bridgehead atoms. The maximum Gasteiger partial charge on any atom is 0.412 e. The van der Waals surface area contributed by atoms with E-state index in [1.54, 1.807) is 17.3 Å². The lowest BCUT2D eigenvalue weighted by Crippen LogP contribution is -2.52. The molecule has 1 aliphatic heterocycles. The predicted molar refractivity (Wildman–Crippen MR) is 94.7 cm³/mol. The van der Waals surface area contributed by atoms with Crippen LogP contribution < -0.4 is 5.32 Å². The van der Waals surface area contributed by atoms with Crippen molar-refractivity contribution in [3.05, 3.63) is 16.9 Å². The second-order valence-electron chi connectivity index (χ2n) is 7.29. The Bertz CT molecular complexity index is 586. The average Bonchev–Trinajstić information content (AvgIpc) is 2.65. The minimum Gasteiger partial charge on any atom is -0.444 e. The molecule has 0 spiro atoms. The summed E-state index contributed by atoms with van der Waals surface area (Å²) in [6, 6.07) is -0.193. The first kappa shape index (κ1) is 18.9. The Morgan fingerprint density at radius 1 is 1.42 bits per heavy atom. The van der Waals surface area contributed by atoms with Crippen LogP contribution in [0.4, 0.5) is 10.7 Å². The van der Waals surface area contributed by atoms with E-state index in [4.69, 9.17) is 9.47 Å². The van der Waals surface area contributed by atoms with Gasteiger partial charge in [-0.1, -0.05) is 0 Å². The molecule has 0 aliphatic carbocycles. The van der Waals surface area contributed by atoms with Gasteiger partial charge < -0.3 is 14.8 Å². The van der Waals surface area contributed by atoms with Crippen molar-refractivity contribution >= 4 is 28.0 Å². The molecule has 1 aliphatic rings. The van der Waals surface area contributed by atoms with Crippen LogP contribution in [0.5, 0.6) is 0 Å². The summed E-state index contributed by atoms with van der Waals surface area (Å²) in [4.78, 5) is 22.7. The third kappa shape index (κ3) is 4.57. The van der Waals surface area contributed by atoms with Gasteiger partial charge >= 0.3 is 6.09 Å². The standard InChI is InChI=1S/C16H25BrN4O3/c1-10-12(9-20-13-18-7-11(17)8-19-13)21(16(5,6)23-10)14(22)24-15(2,3)4/h7-8,10,12H,9H2,1-6H3,(H,18,19,20). The van der Waals surface area contributed by atoms with Crippen LogP contribution in [0.1, 0.15) is 41.5 Å². The van der Waals surface area contributed by atoms with Crippen LogP contribution in [0.2, 0.25) is 0 Å². The number of halogens is 1. The quantitative estimate of drug-likeness (QED) is 0.837. The molecule has 1 aromatic rings. The number of anilines is 1. The van der Waals surface area contributed by atoms with Gasteiger partial charge in [0.15, 0.2) is 0 Å². The topological polar surface area (TPSA) is 76.6 Å². The third-order valence-corrected chi connectivity index (χ3v) is 4.02. The SMILES string of the molecule is CC1OC(C)(C)N(C(=O)OC(C)(C)C)C1CNc1ncc(Br)cn1. The van der Waals surface area contributed by atoms with Gasteiger partial charge in [0.05, 0.1) is 16.6 Å². The normalized spacial score (nSPS) is 23.2. The molecule has 1 N–H and O–H groups in total. The molecule has 2 rings (SSSR count). The lowest BCUT2D eigenvalue weighted by molar-refractivity contribution is -0.0755. The van der Waals surface area contributed by atoms with Gasteiger partial charge in [-0.3, -0.25) is 4.90 Å². The Balaban J connectivity index is 2.12. The zero-order chi connectivity index (χ0) is 18.1. The summed E-state index contributed by atoms with van der Waals surface area (Å²) in [7, 11) is 0. The molecule has 1 saturated heterocycles. The van der Waals surface area contributed by atoms with Gasteiger partial charge in [-0.2, -0.15) is 0 Å². The molecule has 0 aromatic carbocycles. The fourth-order valence-corrected chi connectivity index (χ4v) is 2.93. The van der Waals surface area contributed by atoms with Gasteiger partial charge in [-0.15, -0.1) is 0 Å². The number of carbonyl (C=O) groups excluding carboxylic acids is 1. The Morgan fingerprint density at radius 3 is 2.54 bits per heavy atom. The second kappa shape index (κ2) is 6.84. The fourth-order valence-electron chi connectivity index (χ4n) is 2.72. The number of rotatable bonds is 3. The number of hydrogen-bond acceptors (Lipinski definition) is 6. The van der Waals surface area contributed by atoms with Crippen molar-refractivity contribution in [2.24, 2.45) is 0 Å². The molecule has 1 fully saturated rings. The van der Waals surface area contributed by atoms with Crippen molar-refractivity contribution in [3.8, 4) is 0 Å². The number of carbonyl (C=O) groups is 1. The van der Waals surface area contributed by atoms with Crippen molar-refractivity contribution in [3.63, 3.8) is 0 Å². The maximum absolute atomic E-state index is 12.6. The molecule has 8 heteroatoms. The third-order valence-electron chi connectivity index (χ3n) is 3.61. The van der Waals surface area contributed by atoms with Crippen molar-refractivity contribution in [1.29, 1.82) is 0 Å². The van der Waals surface area contributed by atoms with Gasteiger partial charge in [0.1, 0.15) is 11.3 Å². The van der Waals surface area contributed by atoms with E-state index in [0.29, 0.717) is 12.5 Å². The smallest absolute Gasteiger partial charge is 0.412 e. The van der Waals surface area contributed by atoms with Crippen molar-refractivity contribution in [2.45, 2.75) is 65.0 Å². The van der Waals surface area contributed by atoms with Crippen molar-refractivity contribution in [1.82, 2.24) is 14.9 Å². The molecule has 2 atom stereocenters. The van der Waals surface area contributed by atoms with Crippen molar-refractivity contribution in [2.75, 3.05) is 11.9 Å². The van der Waals surface area contributed by atoms with Crippen LogP contribution in [-0.2, 0) is 9.47 Å². The monoisotopic (exact) mass is 400 g/mol. The molecule has 1 aromatic heterocycles. The largest absolute Gasteiger partial charge is 0.444 e. The molecule has 0 radical (unpaired) electrons. The van der Waals surface area contributed by atoms with Gasteiger partial charge in [0.25, 0.3) is 0 Å². The first-order chi connectivity index (χ1) is 11.0. The highest BCUT2D eigenvalue weighted by Gasteiger charge is 2.49. The van der Waals surface area contributed by atoms with Crippen LogP contribution in [0.3, 0.4) is 0 Å². The average molecular weight is 401 g/mol. The minimum absolute atomic E-state index is 0.143. The summed E-state index contributed by atoms with van der Waals surface area (Å²) in [6.07, 6.45) is 2.80. The van der Waals surface area contributed by atoms with Gasteiger partial charge in [0, 0.05) is 18.9 Å². The Labute approximate surface area is 151 Å². The second-order valence-corrected chi connectivity index (χ2v) is 8.21. The van der Waals surface area contributed by atoms with E-state index >= 15 is 0 Å². The Morgan fingerprint density at radius 2 is 2.00 bits per heavy atom. The number of hydrogen-bond donors (Lipinski definition) is 1. The molecule has 2 unspecified atom stereocenters. The minimum atomic E-state index is -0.741. The zero-order valence-corrected chi connectivity index (χ0v) is 16.5. The molecular formula is C16H25BrN4O3. The van der Waals surface area contributed by atoms with E-state index in [9.17, 15) is 4.79 Å². The number of ether oxygens (including phenoxy) is 2. The summed E-state index contributed by atoms with van der Waals surface area (Å²) in [6.45, 7) is 11.7. The molecule has 24 heavy (non-hydrogen) atoms. The van der Waals surface area contributed by atoms with E-state index in [2.05, 4.69) is 31.2 Å². The highest BCUT2D eigenvalue weighted by Crippen LogP contribution is 2.33. The van der Waals surface area contributed by atoms with E-state index < -0.39 is 11.3 Å². The van der Waals surface area contributed by atoms with E-state index in [1.807, 2.05) is 41.5 Å².